The number of aromatic nitrogens is 2. The van der Waals surface area contributed by atoms with Crippen LogP contribution in [0.15, 0.2) is 66.7 Å². The van der Waals surface area contributed by atoms with Crippen molar-refractivity contribution in [2.24, 2.45) is 0 Å². The normalized spacial score (nSPS) is 10.8. The van der Waals surface area contributed by atoms with Gasteiger partial charge in [0.05, 0.1) is 7.11 Å². The molecule has 3 aromatic carbocycles. The van der Waals surface area contributed by atoms with E-state index in [-0.39, 0.29) is 18.2 Å². The van der Waals surface area contributed by atoms with Crippen molar-refractivity contribution in [3.8, 4) is 39.6 Å². The van der Waals surface area contributed by atoms with Gasteiger partial charge in [0.2, 0.25) is 0 Å². The summed E-state index contributed by atoms with van der Waals surface area (Å²) in [5, 5.41) is 18.1. The van der Waals surface area contributed by atoms with E-state index >= 15 is 0 Å². The number of ether oxygens (including phenoxy) is 2. The molecule has 5 nitrogen and oxygen atoms in total. The van der Waals surface area contributed by atoms with Crippen molar-refractivity contribution in [2.75, 3.05) is 7.11 Å². The molecule has 152 valence electrons. The van der Waals surface area contributed by atoms with Crippen LogP contribution in [-0.4, -0.2) is 22.4 Å². The number of nitrogens with one attached hydrogen (secondary N) is 1. The van der Waals surface area contributed by atoms with Crippen LogP contribution in [0, 0.1) is 12.7 Å². The van der Waals surface area contributed by atoms with E-state index in [4.69, 9.17) is 9.47 Å². The number of phenolic OH excluding ortho intramolecular Hbond substituents is 1. The molecular formula is C24H21FN2O3. The van der Waals surface area contributed by atoms with Gasteiger partial charge in [0, 0.05) is 28.5 Å². The SMILES string of the molecule is COc1ccccc1-c1c(-c2ccc(OCc3ccc(F)cc3)cc2O)n[nH]c1C. The third-order valence-electron chi connectivity index (χ3n) is 4.87. The molecule has 4 aromatic rings. The number of phenols is 1. The van der Waals surface area contributed by atoms with Gasteiger partial charge in [-0.2, -0.15) is 5.10 Å². The molecule has 0 spiro atoms. The molecule has 0 fully saturated rings. The highest BCUT2D eigenvalue weighted by Crippen LogP contribution is 2.41. The van der Waals surface area contributed by atoms with Gasteiger partial charge in [-0.15, -0.1) is 0 Å². The van der Waals surface area contributed by atoms with Gasteiger partial charge in [0.15, 0.2) is 0 Å². The number of methoxy groups -OCH3 is 1. The summed E-state index contributed by atoms with van der Waals surface area (Å²) in [6.45, 7) is 2.20. The van der Waals surface area contributed by atoms with E-state index in [0.717, 1.165) is 28.1 Å². The summed E-state index contributed by atoms with van der Waals surface area (Å²) < 4.78 is 24.3. The number of benzene rings is 3. The number of hydrogen-bond donors (Lipinski definition) is 2. The Balaban J connectivity index is 1.63. The first-order valence-corrected chi connectivity index (χ1v) is 9.46. The lowest BCUT2D eigenvalue weighted by atomic mass is 9.98. The average Bonchev–Trinajstić information content (AvgIpc) is 3.14. The van der Waals surface area contributed by atoms with Crippen molar-refractivity contribution in [3.05, 3.63) is 83.8 Å². The Kier molecular flexibility index (Phi) is 5.39. The Morgan fingerprint density at radius 2 is 1.77 bits per heavy atom. The zero-order chi connectivity index (χ0) is 21.1. The number of aromatic amines is 1. The minimum absolute atomic E-state index is 0.0502. The summed E-state index contributed by atoms with van der Waals surface area (Å²) >= 11 is 0. The molecule has 0 radical (unpaired) electrons. The van der Waals surface area contributed by atoms with E-state index in [1.165, 1.54) is 12.1 Å². The molecule has 30 heavy (non-hydrogen) atoms. The summed E-state index contributed by atoms with van der Waals surface area (Å²) in [4.78, 5) is 0. The monoisotopic (exact) mass is 404 g/mol. The fourth-order valence-corrected chi connectivity index (χ4v) is 3.35. The predicted molar refractivity (Wildman–Crippen MR) is 113 cm³/mol. The van der Waals surface area contributed by atoms with Gasteiger partial charge >= 0.3 is 0 Å². The molecule has 1 aromatic heterocycles. The van der Waals surface area contributed by atoms with Crippen LogP contribution in [-0.2, 0) is 6.61 Å². The molecule has 0 unspecified atom stereocenters. The zero-order valence-corrected chi connectivity index (χ0v) is 16.6. The van der Waals surface area contributed by atoms with Crippen molar-refractivity contribution in [2.45, 2.75) is 13.5 Å². The predicted octanol–water partition coefficient (Wildman–Crippen LogP) is 5.48. The Morgan fingerprint density at radius 3 is 2.50 bits per heavy atom. The van der Waals surface area contributed by atoms with E-state index < -0.39 is 0 Å². The number of rotatable bonds is 6. The van der Waals surface area contributed by atoms with Crippen molar-refractivity contribution < 1.29 is 19.0 Å². The van der Waals surface area contributed by atoms with Gasteiger partial charge in [-0.25, -0.2) is 4.39 Å². The van der Waals surface area contributed by atoms with E-state index in [2.05, 4.69) is 10.2 Å². The Bertz CT molecular complexity index is 1170. The van der Waals surface area contributed by atoms with Crippen LogP contribution in [0.2, 0.25) is 0 Å². The largest absolute Gasteiger partial charge is 0.507 e. The molecule has 6 heteroatoms. The second-order valence-corrected chi connectivity index (χ2v) is 6.87. The molecule has 0 aliphatic carbocycles. The van der Waals surface area contributed by atoms with Gasteiger partial charge in [-0.05, 0) is 42.8 Å². The van der Waals surface area contributed by atoms with Crippen LogP contribution in [0.5, 0.6) is 17.2 Å². The highest BCUT2D eigenvalue weighted by Gasteiger charge is 2.20. The third kappa shape index (κ3) is 3.85. The van der Waals surface area contributed by atoms with E-state index in [1.54, 1.807) is 37.4 Å². The highest BCUT2D eigenvalue weighted by molar-refractivity contribution is 5.87. The number of H-pyrrole nitrogens is 1. The second-order valence-electron chi connectivity index (χ2n) is 6.87. The molecule has 0 saturated carbocycles. The molecule has 0 aliphatic rings. The minimum atomic E-state index is -0.291. The maximum Gasteiger partial charge on any atom is 0.128 e. The topological polar surface area (TPSA) is 67.4 Å². The Labute approximate surface area is 173 Å². The van der Waals surface area contributed by atoms with Gasteiger partial charge in [-0.3, -0.25) is 5.10 Å². The fraction of sp³-hybridized carbons (Fsp3) is 0.125. The number of halogens is 1. The van der Waals surface area contributed by atoms with E-state index in [1.807, 2.05) is 31.2 Å². The maximum absolute atomic E-state index is 13.0. The van der Waals surface area contributed by atoms with Crippen LogP contribution in [0.3, 0.4) is 0 Å². The number of nitrogens with zero attached hydrogens (tertiary/aromatic N) is 1. The van der Waals surface area contributed by atoms with Gasteiger partial charge in [0.25, 0.3) is 0 Å². The molecule has 0 bridgehead atoms. The molecule has 1 heterocycles. The minimum Gasteiger partial charge on any atom is -0.507 e. The summed E-state index contributed by atoms with van der Waals surface area (Å²) in [5.41, 5.74) is 4.65. The fourth-order valence-electron chi connectivity index (χ4n) is 3.35. The lowest BCUT2D eigenvalue weighted by molar-refractivity contribution is 0.304. The number of para-hydroxylation sites is 1. The molecule has 4 rings (SSSR count). The molecule has 0 atom stereocenters. The second kappa shape index (κ2) is 8.29. The molecule has 0 aliphatic heterocycles. The van der Waals surface area contributed by atoms with E-state index in [0.29, 0.717) is 17.0 Å². The van der Waals surface area contributed by atoms with Gasteiger partial charge in [0.1, 0.15) is 35.4 Å². The van der Waals surface area contributed by atoms with Crippen LogP contribution in [0.4, 0.5) is 4.39 Å². The third-order valence-corrected chi connectivity index (χ3v) is 4.87. The molecular weight excluding hydrogens is 383 g/mol. The van der Waals surface area contributed by atoms with Crippen molar-refractivity contribution in [3.63, 3.8) is 0 Å². The first-order chi connectivity index (χ1) is 14.6. The summed E-state index contributed by atoms with van der Waals surface area (Å²) in [5.74, 6) is 0.990. The van der Waals surface area contributed by atoms with Gasteiger partial charge in [-0.1, -0.05) is 30.3 Å². The molecule has 0 amide bonds. The first kappa shape index (κ1) is 19.5. The lowest BCUT2D eigenvalue weighted by Gasteiger charge is -2.12. The Morgan fingerprint density at radius 1 is 1.00 bits per heavy atom. The van der Waals surface area contributed by atoms with Gasteiger partial charge < -0.3 is 14.6 Å². The maximum atomic E-state index is 13.0. The van der Waals surface area contributed by atoms with E-state index in [9.17, 15) is 9.50 Å². The molecule has 0 saturated heterocycles. The van der Waals surface area contributed by atoms with Crippen LogP contribution in [0.25, 0.3) is 22.4 Å². The number of aromatic hydroxyl groups is 1. The number of aryl methyl sites for hydroxylation is 1. The first-order valence-electron chi connectivity index (χ1n) is 9.46. The Hall–Kier alpha value is -3.80. The summed E-state index contributed by atoms with van der Waals surface area (Å²) in [6.07, 6.45) is 0. The van der Waals surface area contributed by atoms with Crippen molar-refractivity contribution in [1.29, 1.82) is 0 Å². The van der Waals surface area contributed by atoms with Crippen molar-refractivity contribution in [1.82, 2.24) is 10.2 Å². The van der Waals surface area contributed by atoms with Crippen LogP contribution in [0.1, 0.15) is 11.3 Å². The quantitative estimate of drug-likeness (QED) is 0.446. The van der Waals surface area contributed by atoms with Crippen LogP contribution < -0.4 is 9.47 Å². The van der Waals surface area contributed by atoms with Crippen molar-refractivity contribution >= 4 is 0 Å². The summed E-state index contributed by atoms with van der Waals surface area (Å²) in [6, 6.07) is 18.9. The standard InChI is InChI=1S/C24H21FN2O3/c1-15-23(20-5-3-4-6-22(20)29-2)24(27-26-15)19-12-11-18(13-21(19)28)30-14-16-7-9-17(25)10-8-16/h3-13,28H,14H2,1-2H3,(H,26,27). The summed E-state index contributed by atoms with van der Waals surface area (Å²) in [7, 11) is 1.62. The average molecular weight is 404 g/mol. The highest BCUT2D eigenvalue weighted by atomic mass is 19.1. The smallest absolute Gasteiger partial charge is 0.128 e. The zero-order valence-electron chi connectivity index (χ0n) is 16.6. The number of hydrogen-bond acceptors (Lipinski definition) is 4. The molecule has 2 N–H and O–H groups in total. The van der Waals surface area contributed by atoms with Crippen LogP contribution >= 0.6 is 0 Å². The lowest BCUT2D eigenvalue weighted by Crippen LogP contribution is -1.96.